The molecule has 0 bridgehead atoms. The van der Waals surface area contributed by atoms with Gasteiger partial charge < -0.3 is 9.68 Å². The molecule has 18 heavy (non-hydrogen) atoms. The van der Waals surface area contributed by atoms with Crippen LogP contribution in [0.4, 0.5) is 0 Å². The number of carbonyl (C=O) groups is 2. The molecule has 0 aliphatic rings. The normalized spacial score (nSPS) is 10.6. The highest BCUT2D eigenvalue weighted by atomic mass is 16.7. The molecule has 6 nitrogen and oxygen atoms in total. The Kier molecular flexibility index (Phi) is 7.98. The number of rotatable bonds is 8. The first-order valence-corrected chi connectivity index (χ1v) is 5.88. The lowest BCUT2D eigenvalue weighted by Crippen LogP contribution is -2.28. The van der Waals surface area contributed by atoms with E-state index in [1.807, 2.05) is 27.7 Å². The average molecular weight is 258 g/mol. The topological polar surface area (TPSA) is 76.7 Å². The van der Waals surface area contributed by atoms with E-state index in [1.54, 1.807) is 0 Å². The fraction of sp³-hybridized carbons (Fsp3) is 0.667. The van der Waals surface area contributed by atoms with Gasteiger partial charge in [-0.3, -0.25) is 9.59 Å². The molecule has 0 saturated carbocycles. The summed E-state index contributed by atoms with van der Waals surface area (Å²) in [5.74, 6) is -0.948. The zero-order valence-corrected chi connectivity index (χ0v) is 11.4. The minimum absolute atomic E-state index is 0.0174. The number of carbonyl (C=O) groups excluding carboxylic acids is 2. The van der Waals surface area contributed by atoms with E-state index in [0.717, 1.165) is 0 Å². The first-order chi connectivity index (χ1) is 8.31. The van der Waals surface area contributed by atoms with Gasteiger partial charge in [0, 0.05) is 12.1 Å². The standard InChI is InChI=1S/C12H22N2O4/c1-8(2)13-17-11(15)6-10(5)7-12(16)18-14-9(3)4/h8-9,13-14H,5-7H2,1-4H3. The molecule has 0 aliphatic heterocycles. The van der Waals surface area contributed by atoms with Crippen molar-refractivity contribution in [3.63, 3.8) is 0 Å². The highest BCUT2D eigenvalue weighted by Crippen LogP contribution is 2.06. The molecule has 0 aromatic heterocycles. The number of hydroxylamine groups is 2. The molecule has 0 aliphatic carbocycles. The van der Waals surface area contributed by atoms with Crippen LogP contribution in [0.5, 0.6) is 0 Å². The lowest BCUT2D eigenvalue weighted by Gasteiger charge is -2.10. The van der Waals surface area contributed by atoms with Crippen LogP contribution in [0.15, 0.2) is 12.2 Å². The molecule has 0 aromatic rings. The van der Waals surface area contributed by atoms with Crippen LogP contribution in [0.2, 0.25) is 0 Å². The molecule has 0 saturated heterocycles. The molecule has 0 spiro atoms. The quantitative estimate of drug-likeness (QED) is 0.504. The largest absolute Gasteiger partial charge is 0.370 e. The Morgan fingerprint density at radius 3 is 1.56 bits per heavy atom. The second kappa shape index (κ2) is 8.66. The van der Waals surface area contributed by atoms with E-state index >= 15 is 0 Å². The SMILES string of the molecule is C=C(CC(=O)ONC(C)C)CC(=O)ONC(C)C. The van der Waals surface area contributed by atoms with Crippen molar-refractivity contribution in [2.75, 3.05) is 0 Å². The molecule has 0 fully saturated rings. The maximum atomic E-state index is 11.3. The molecule has 0 unspecified atom stereocenters. The predicted molar refractivity (Wildman–Crippen MR) is 67.1 cm³/mol. The van der Waals surface area contributed by atoms with E-state index in [4.69, 9.17) is 9.68 Å². The first kappa shape index (κ1) is 16.6. The summed E-state index contributed by atoms with van der Waals surface area (Å²) in [6.07, 6.45) is -0.0347. The monoisotopic (exact) mass is 258 g/mol. The Hall–Kier alpha value is -1.40. The highest BCUT2D eigenvalue weighted by molar-refractivity contribution is 5.77. The zero-order chi connectivity index (χ0) is 14.1. The molecule has 6 heteroatoms. The van der Waals surface area contributed by atoms with Crippen LogP contribution in [-0.2, 0) is 19.3 Å². The third-order valence-electron chi connectivity index (χ3n) is 1.61. The summed E-state index contributed by atoms with van der Waals surface area (Å²) in [6.45, 7) is 11.0. The van der Waals surface area contributed by atoms with Crippen molar-refractivity contribution in [3.8, 4) is 0 Å². The Morgan fingerprint density at radius 1 is 0.944 bits per heavy atom. The van der Waals surface area contributed by atoms with Crippen molar-refractivity contribution < 1.29 is 19.3 Å². The summed E-state index contributed by atoms with van der Waals surface area (Å²) in [5.41, 5.74) is 5.50. The lowest BCUT2D eigenvalue weighted by molar-refractivity contribution is -0.152. The van der Waals surface area contributed by atoms with Crippen molar-refractivity contribution in [1.29, 1.82) is 0 Å². The van der Waals surface area contributed by atoms with Gasteiger partial charge in [0.2, 0.25) is 0 Å². The summed E-state index contributed by atoms with van der Waals surface area (Å²) in [5, 5.41) is 0. The van der Waals surface area contributed by atoms with E-state index in [9.17, 15) is 9.59 Å². The van der Waals surface area contributed by atoms with E-state index in [2.05, 4.69) is 17.5 Å². The van der Waals surface area contributed by atoms with Crippen LogP contribution in [0.25, 0.3) is 0 Å². The first-order valence-electron chi connectivity index (χ1n) is 5.88. The molecule has 104 valence electrons. The van der Waals surface area contributed by atoms with Gasteiger partial charge in [0.1, 0.15) is 0 Å². The van der Waals surface area contributed by atoms with Gasteiger partial charge in [-0.2, -0.15) is 11.0 Å². The summed E-state index contributed by atoms with van der Waals surface area (Å²) in [7, 11) is 0. The molecule has 0 atom stereocenters. The van der Waals surface area contributed by atoms with Crippen LogP contribution in [-0.4, -0.2) is 24.0 Å². The Bertz CT molecular complexity index is 272. The van der Waals surface area contributed by atoms with Gasteiger partial charge in [0.05, 0.1) is 12.8 Å². The van der Waals surface area contributed by atoms with E-state index in [0.29, 0.717) is 5.57 Å². The van der Waals surface area contributed by atoms with Gasteiger partial charge in [-0.05, 0) is 27.7 Å². The average Bonchev–Trinajstić information content (AvgIpc) is 2.23. The van der Waals surface area contributed by atoms with Gasteiger partial charge in [0.25, 0.3) is 0 Å². The van der Waals surface area contributed by atoms with Crippen molar-refractivity contribution in [3.05, 3.63) is 12.2 Å². The van der Waals surface area contributed by atoms with Gasteiger partial charge in [-0.25, -0.2) is 0 Å². The second-order valence-electron chi connectivity index (χ2n) is 4.60. The molecule has 2 N–H and O–H groups in total. The molecule has 0 rings (SSSR count). The molecule has 0 heterocycles. The van der Waals surface area contributed by atoms with E-state index in [1.165, 1.54) is 0 Å². The lowest BCUT2D eigenvalue weighted by atomic mass is 10.1. The number of hydrogen-bond donors (Lipinski definition) is 2. The van der Waals surface area contributed by atoms with Gasteiger partial charge in [0.15, 0.2) is 0 Å². The minimum atomic E-state index is -0.474. The van der Waals surface area contributed by atoms with E-state index < -0.39 is 11.9 Å². The fourth-order valence-electron chi connectivity index (χ4n) is 0.910. The molecule has 0 radical (unpaired) electrons. The molecular formula is C12H22N2O4. The third kappa shape index (κ3) is 9.80. The van der Waals surface area contributed by atoms with Crippen LogP contribution >= 0.6 is 0 Å². The van der Waals surface area contributed by atoms with Crippen molar-refractivity contribution in [2.45, 2.75) is 52.6 Å². The molecule has 0 amide bonds. The Labute approximate surface area is 108 Å². The molecular weight excluding hydrogens is 236 g/mol. The Balaban J connectivity index is 3.82. The maximum Gasteiger partial charge on any atom is 0.328 e. The van der Waals surface area contributed by atoms with Crippen LogP contribution in [0.1, 0.15) is 40.5 Å². The smallest absolute Gasteiger partial charge is 0.328 e. The zero-order valence-electron chi connectivity index (χ0n) is 11.4. The Morgan fingerprint density at radius 2 is 1.28 bits per heavy atom. The third-order valence-corrected chi connectivity index (χ3v) is 1.61. The maximum absolute atomic E-state index is 11.3. The van der Waals surface area contributed by atoms with Gasteiger partial charge in [-0.1, -0.05) is 12.2 Å². The predicted octanol–water partition coefficient (Wildman–Crippen LogP) is 1.24. The van der Waals surface area contributed by atoms with Gasteiger partial charge in [-0.15, -0.1) is 0 Å². The van der Waals surface area contributed by atoms with Crippen LogP contribution < -0.4 is 11.0 Å². The number of hydrogen-bond acceptors (Lipinski definition) is 6. The summed E-state index contributed by atoms with van der Waals surface area (Å²) >= 11 is 0. The van der Waals surface area contributed by atoms with Crippen LogP contribution in [0.3, 0.4) is 0 Å². The van der Waals surface area contributed by atoms with Crippen molar-refractivity contribution >= 4 is 11.9 Å². The van der Waals surface area contributed by atoms with Crippen molar-refractivity contribution in [1.82, 2.24) is 11.0 Å². The fourth-order valence-corrected chi connectivity index (χ4v) is 0.910. The van der Waals surface area contributed by atoms with Crippen LogP contribution in [0, 0.1) is 0 Å². The summed E-state index contributed by atoms with van der Waals surface area (Å²) < 4.78 is 0. The van der Waals surface area contributed by atoms with Gasteiger partial charge >= 0.3 is 11.9 Å². The minimum Gasteiger partial charge on any atom is -0.370 e. The number of nitrogens with one attached hydrogen (secondary N) is 2. The van der Waals surface area contributed by atoms with E-state index in [-0.39, 0.29) is 24.9 Å². The second-order valence-corrected chi connectivity index (χ2v) is 4.60. The highest BCUT2D eigenvalue weighted by Gasteiger charge is 2.12. The van der Waals surface area contributed by atoms with Crippen molar-refractivity contribution in [2.24, 2.45) is 0 Å². The summed E-state index contributed by atoms with van der Waals surface area (Å²) in [4.78, 5) is 32.1. The molecule has 0 aromatic carbocycles. The summed E-state index contributed by atoms with van der Waals surface area (Å²) in [6, 6.07) is 0.0878.